The molecular formula is C24H17F3O5. The topological polar surface area (TPSA) is 65.7 Å². The summed E-state index contributed by atoms with van der Waals surface area (Å²) in [4.78, 5) is 22.9. The highest BCUT2D eigenvalue weighted by Gasteiger charge is 2.35. The molecule has 5 nitrogen and oxygen atoms in total. The molecule has 8 heteroatoms. The van der Waals surface area contributed by atoms with E-state index in [1.165, 1.54) is 37.3 Å². The smallest absolute Gasteiger partial charge is 0.417 e. The molecular weight excluding hydrogens is 425 g/mol. The molecule has 0 saturated carbocycles. The first kappa shape index (κ1) is 22.6. The van der Waals surface area contributed by atoms with Crippen LogP contribution in [0.4, 0.5) is 13.2 Å². The first-order chi connectivity index (χ1) is 15.1. The van der Waals surface area contributed by atoms with Crippen LogP contribution in [0.5, 0.6) is 11.5 Å². The van der Waals surface area contributed by atoms with Crippen LogP contribution in [-0.2, 0) is 15.8 Å². The lowest BCUT2D eigenvalue weighted by Gasteiger charge is -2.13. The van der Waals surface area contributed by atoms with Crippen molar-refractivity contribution >= 4 is 11.9 Å². The third-order valence-corrected chi connectivity index (χ3v) is 4.25. The van der Waals surface area contributed by atoms with Crippen LogP contribution in [-0.4, -0.2) is 11.9 Å². The second kappa shape index (κ2) is 8.97. The maximum atomic E-state index is 13.6. The summed E-state index contributed by atoms with van der Waals surface area (Å²) >= 11 is 0. The number of benzene rings is 2. The quantitative estimate of drug-likeness (QED) is 0.258. The van der Waals surface area contributed by atoms with Gasteiger partial charge in [-0.3, -0.25) is 0 Å². The van der Waals surface area contributed by atoms with Gasteiger partial charge in [0.25, 0.3) is 0 Å². The zero-order valence-corrected chi connectivity index (χ0v) is 16.9. The number of halogens is 3. The minimum Gasteiger partial charge on any atom is -0.456 e. The maximum absolute atomic E-state index is 13.6. The summed E-state index contributed by atoms with van der Waals surface area (Å²) in [5.41, 5.74) is -0.420. The van der Waals surface area contributed by atoms with E-state index in [2.05, 4.69) is 13.2 Å². The lowest BCUT2D eigenvalue weighted by atomic mass is 10.0. The van der Waals surface area contributed by atoms with Gasteiger partial charge in [0.05, 0.1) is 5.56 Å². The molecule has 164 valence electrons. The molecule has 0 amide bonds. The van der Waals surface area contributed by atoms with Crippen molar-refractivity contribution in [3.05, 3.63) is 85.0 Å². The van der Waals surface area contributed by atoms with Gasteiger partial charge in [0.2, 0.25) is 0 Å². The summed E-state index contributed by atoms with van der Waals surface area (Å²) in [5, 5.41) is 0. The van der Waals surface area contributed by atoms with Crippen LogP contribution in [0.3, 0.4) is 0 Å². The number of rotatable bonds is 6. The summed E-state index contributed by atoms with van der Waals surface area (Å²) in [7, 11) is 0. The summed E-state index contributed by atoms with van der Waals surface area (Å²) in [5.74, 6) is -1.13. The number of hydrogen-bond acceptors (Lipinski definition) is 5. The van der Waals surface area contributed by atoms with Crippen molar-refractivity contribution in [2.75, 3.05) is 0 Å². The van der Waals surface area contributed by atoms with Crippen molar-refractivity contribution < 1.29 is 36.7 Å². The highest BCUT2D eigenvalue weighted by molar-refractivity contribution is 5.88. The molecule has 0 unspecified atom stereocenters. The summed E-state index contributed by atoms with van der Waals surface area (Å²) < 4.78 is 56.4. The summed E-state index contributed by atoms with van der Waals surface area (Å²) in [6, 6.07) is 12.3. The predicted molar refractivity (Wildman–Crippen MR) is 111 cm³/mol. The number of carbonyl (C=O) groups excluding carboxylic acids is 2. The molecule has 3 rings (SSSR count). The van der Waals surface area contributed by atoms with E-state index >= 15 is 0 Å². The molecule has 0 radical (unpaired) electrons. The molecule has 0 aliphatic heterocycles. The van der Waals surface area contributed by atoms with Gasteiger partial charge < -0.3 is 13.9 Å². The van der Waals surface area contributed by atoms with Crippen LogP contribution in [0, 0.1) is 0 Å². The van der Waals surface area contributed by atoms with Crippen molar-refractivity contribution in [2.24, 2.45) is 0 Å². The number of alkyl halides is 3. The highest BCUT2D eigenvalue weighted by atomic mass is 19.4. The third kappa shape index (κ3) is 5.15. The van der Waals surface area contributed by atoms with Crippen LogP contribution < -0.4 is 9.47 Å². The molecule has 0 atom stereocenters. The molecule has 0 aliphatic carbocycles. The fourth-order valence-electron chi connectivity index (χ4n) is 2.71. The number of ether oxygens (including phenoxy) is 2. The van der Waals surface area contributed by atoms with E-state index in [-0.39, 0.29) is 28.4 Å². The summed E-state index contributed by atoms with van der Waals surface area (Å²) in [6.45, 7) is 8.23. The largest absolute Gasteiger partial charge is 0.456 e. The lowest BCUT2D eigenvalue weighted by Crippen LogP contribution is -2.09. The minimum atomic E-state index is -4.71. The van der Waals surface area contributed by atoms with Gasteiger partial charge in [-0.2, -0.15) is 13.2 Å². The molecule has 3 aromatic rings. The van der Waals surface area contributed by atoms with E-state index in [4.69, 9.17) is 13.9 Å². The number of hydrogen-bond donors (Lipinski definition) is 0. The number of carbonyl (C=O) groups is 2. The molecule has 0 bridgehead atoms. The lowest BCUT2D eigenvalue weighted by molar-refractivity contribution is -0.138. The molecule has 2 aromatic carbocycles. The zero-order chi connectivity index (χ0) is 23.5. The van der Waals surface area contributed by atoms with Crippen molar-refractivity contribution in [1.29, 1.82) is 0 Å². The number of furan rings is 1. The van der Waals surface area contributed by atoms with Gasteiger partial charge in [-0.15, -0.1) is 0 Å². The van der Waals surface area contributed by atoms with Gasteiger partial charge in [-0.1, -0.05) is 13.2 Å². The van der Waals surface area contributed by atoms with E-state index in [9.17, 15) is 22.8 Å². The minimum absolute atomic E-state index is 0.0216. The molecule has 1 heterocycles. The van der Waals surface area contributed by atoms with Crippen LogP contribution in [0.15, 0.2) is 83.8 Å². The SMILES string of the molecule is C=CC(=O)Oc1ccc(-c2ccc(-c3ccc(OC(=O)C(=C)C)cc3)o2)c(C(F)(F)F)c1. The molecule has 1 aromatic heterocycles. The van der Waals surface area contributed by atoms with E-state index in [0.717, 1.165) is 18.2 Å². The van der Waals surface area contributed by atoms with Gasteiger partial charge in [-0.05, 0) is 61.5 Å². The standard InChI is InChI=1S/C24H17F3O5/c1-4-22(28)30-17-9-10-18(19(13-17)24(25,26)27)21-12-11-20(32-21)15-5-7-16(8-6-15)31-23(29)14(2)3/h4-13H,1-2H2,3H3. The second-order valence-electron chi connectivity index (χ2n) is 6.69. The fourth-order valence-corrected chi connectivity index (χ4v) is 2.71. The van der Waals surface area contributed by atoms with Crippen molar-refractivity contribution in [3.63, 3.8) is 0 Å². The third-order valence-electron chi connectivity index (χ3n) is 4.25. The van der Waals surface area contributed by atoms with Crippen molar-refractivity contribution in [2.45, 2.75) is 13.1 Å². The summed E-state index contributed by atoms with van der Waals surface area (Å²) in [6.07, 6.45) is -3.86. The Balaban J connectivity index is 1.90. The van der Waals surface area contributed by atoms with Gasteiger partial charge in [0.1, 0.15) is 23.0 Å². The predicted octanol–water partition coefficient (Wildman–Crippen LogP) is 6.21. The van der Waals surface area contributed by atoms with E-state index in [0.29, 0.717) is 11.3 Å². The average molecular weight is 442 g/mol. The Morgan fingerprint density at radius 1 is 0.938 bits per heavy atom. The molecule has 0 aliphatic rings. The Kier molecular flexibility index (Phi) is 6.34. The van der Waals surface area contributed by atoms with Gasteiger partial charge >= 0.3 is 18.1 Å². The Morgan fingerprint density at radius 3 is 2.16 bits per heavy atom. The van der Waals surface area contributed by atoms with Crippen LogP contribution in [0.2, 0.25) is 0 Å². The van der Waals surface area contributed by atoms with Gasteiger partial charge in [0, 0.05) is 22.8 Å². The molecule has 0 saturated heterocycles. The first-order valence-corrected chi connectivity index (χ1v) is 9.22. The monoisotopic (exact) mass is 442 g/mol. The van der Waals surface area contributed by atoms with E-state index in [1.54, 1.807) is 12.1 Å². The average Bonchev–Trinajstić information content (AvgIpc) is 3.23. The Labute approximate surface area is 181 Å². The Bertz CT molecular complexity index is 1190. The van der Waals surface area contributed by atoms with E-state index in [1.807, 2.05) is 0 Å². The molecule has 0 fully saturated rings. The van der Waals surface area contributed by atoms with Crippen LogP contribution in [0.25, 0.3) is 22.6 Å². The molecule has 0 N–H and O–H groups in total. The Morgan fingerprint density at radius 2 is 1.56 bits per heavy atom. The number of esters is 2. The highest BCUT2D eigenvalue weighted by Crippen LogP contribution is 2.40. The normalized spacial score (nSPS) is 11.0. The zero-order valence-electron chi connectivity index (χ0n) is 16.9. The van der Waals surface area contributed by atoms with Crippen molar-refractivity contribution in [3.8, 4) is 34.1 Å². The Hall–Kier alpha value is -4.07. The van der Waals surface area contributed by atoms with Gasteiger partial charge in [-0.25, -0.2) is 9.59 Å². The first-order valence-electron chi connectivity index (χ1n) is 9.22. The second-order valence-corrected chi connectivity index (χ2v) is 6.69. The van der Waals surface area contributed by atoms with Crippen molar-refractivity contribution in [1.82, 2.24) is 0 Å². The molecule has 0 spiro atoms. The fraction of sp³-hybridized carbons (Fsp3) is 0.0833. The van der Waals surface area contributed by atoms with Gasteiger partial charge in [0.15, 0.2) is 0 Å². The molecule has 32 heavy (non-hydrogen) atoms. The van der Waals surface area contributed by atoms with Crippen LogP contribution >= 0.6 is 0 Å². The maximum Gasteiger partial charge on any atom is 0.417 e. The van der Waals surface area contributed by atoms with Crippen LogP contribution in [0.1, 0.15) is 12.5 Å². The van der Waals surface area contributed by atoms with E-state index < -0.39 is 23.7 Å².